The van der Waals surface area contributed by atoms with Gasteiger partial charge in [-0.05, 0) is 60.2 Å². The minimum atomic E-state index is -0.222. The molecule has 3 aromatic carbocycles. The lowest BCUT2D eigenvalue weighted by molar-refractivity contribution is -0.126. The molecule has 4 rings (SSSR count). The second-order valence-corrected chi connectivity index (χ2v) is 9.23. The van der Waals surface area contributed by atoms with E-state index in [1.54, 1.807) is 19.3 Å². The van der Waals surface area contributed by atoms with E-state index in [2.05, 4.69) is 26.1 Å². The van der Waals surface area contributed by atoms with Gasteiger partial charge >= 0.3 is 0 Å². The lowest BCUT2D eigenvalue weighted by atomic mass is 10.2. The number of hydrogen-bond acceptors (Lipinski definition) is 4. The van der Waals surface area contributed by atoms with Crippen LogP contribution in [0, 0.1) is 0 Å². The monoisotopic (exact) mass is 545 g/mol. The van der Waals surface area contributed by atoms with Crippen LogP contribution in [0.3, 0.4) is 0 Å². The second-order valence-electron chi connectivity index (χ2n) is 8.31. The zero-order valence-corrected chi connectivity index (χ0v) is 21.6. The molecule has 0 saturated carbocycles. The summed E-state index contributed by atoms with van der Waals surface area (Å²) in [4.78, 5) is 29.0. The molecular weight excluding hydrogens is 518 g/mol. The Bertz CT molecular complexity index is 1250. The fraction of sp³-hybridized carbons (Fsp3) is 0.172. The summed E-state index contributed by atoms with van der Waals surface area (Å²) >= 11 is 3.44. The van der Waals surface area contributed by atoms with E-state index in [9.17, 15) is 9.59 Å². The van der Waals surface area contributed by atoms with Gasteiger partial charge in [-0.3, -0.25) is 9.59 Å². The predicted octanol–water partition coefficient (Wildman–Crippen LogP) is 5.47. The van der Waals surface area contributed by atoms with Crippen LogP contribution in [0.1, 0.15) is 11.1 Å². The minimum Gasteiger partial charge on any atom is -0.496 e. The third kappa shape index (κ3) is 6.86. The highest BCUT2D eigenvalue weighted by atomic mass is 79.9. The number of methoxy groups -OCH3 is 1. The van der Waals surface area contributed by atoms with Crippen LogP contribution < -0.4 is 15.0 Å². The molecule has 6 nitrogen and oxygen atoms in total. The number of amides is 2. The molecule has 0 unspecified atom stereocenters. The first-order chi connectivity index (χ1) is 17.5. The van der Waals surface area contributed by atoms with Crippen LogP contribution in [-0.4, -0.2) is 50.0 Å². The van der Waals surface area contributed by atoms with Crippen molar-refractivity contribution < 1.29 is 14.3 Å². The summed E-state index contributed by atoms with van der Waals surface area (Å²) in [6, 6.07) is 23.2. The van der Waals surface area contributed by atoms with Crippen molar-refractivity contribution in [2.75, 3.05) is 43.5 Å². The standard InChI is InChI=1S/C29H28BrN3O3/c1-36-27-14-9-24(30)21-23(27)8-15-28(34)31-25-10-12-26(13-11-25)32-17-19-33(20-18-32)29(35)16-7-22-5-3-2-4-6-22/h2-16,21H,17-20H2,1H3,(H,31,34)/b15-8+,16-7+. The van der Waals surface area contributed by atoms with Gasteiger partial charge in [0, 0.05) is 59.7 Å². The zero-order valence-electron chi connectivity index (χ0n) is 20.1. The van der Waals surface area contributed by atoms with Crippen LogP contribution in [0.15, 0.2) is 89.4 Å². The van der Waals surface area contributed by atoms with Crippen molar-refractivity contribution in [3.05, 3.63) is 101 Å². The summed E-state index contributed by atoms with van der Waals surface area (Å²) in [6.07, 6.45) is 6.71. The molecule has 1 aliphatic rings. The Morgan fingerprint density at radius 2 is 1.61 bits per heavy atom. The molecule has 0 atom stereocenters. The van der Waals surface area contributed by atoms with Gasteiger partial charge in [0.25, 0.3) is 0 Å². The maximum atomic E-state index is 12.5. The molecule has 1 aliphatic heterocycles. The molecule has 1 saturated heterocycles. The maximum Gasteiger partial charge on any atom is 0.248 e. The Kier molecular flexibility index (Phi) is 8.57. The number of nitrogens with zero attached hydrogens (tertiary/aromatic N) is 2. The number of carbonyl (C=O) groups is 2. The summed E-state index contributed by atoms with van der Waals surface area (Å²) in [5, 5.41) is 2.89. The van der Waals surface area contributed by atoms with Crippen molar-refractivity contribution >= 4 is 51.3 Å². The van der Waals surface area contributed by atoms with Crippen molar-refractivity contribution in [3.8, 4) is 5.75 Å². The highest BCUT2D eigenvalue weighted by molar-refractivity contribution is 9.10. The van der Waals surface area contributed by atoms with Gasteiger partial charge in [0.2, 0.25) is 11.8 Å². The van der Waals surface area contributed by atoms with Crippen LogP contribution in [-0.2, 0) is 9.59 Å². The SMILES string of the molecule is COc1ccc(Br)cc1/C=C/C(=O)Nc1ccc(N2CCN(C(=O)/C=C/c3ccccc3)CC2)cc1. The number of benzene rings is 3. The van der Waals surface area contributed by atoms with E-state index >= 15 is 0 Å². The molecule has 3 aromatic rings. The van der Waals surface area contributed by atoms with Crippen LogP contribution in [0.25, 0.3) is 12.2 Å². The van der Waals surface area contributed by atoms with Gasteiger partial charge in [-0.25, -0.2) is 0 Å². The minimum absolute atomic E-state index is 0.0325. The average Bonchev–Trinajstić information content (AvgIpc) is 2.92. The molecule has 0 radical (unpaired) electrons. The lowest BCUT2D eigenvalue weighted by Gasteiger charge is -2.35. The largest absolute Gasteiger partial charge is 0.496 e. The molecule has 7 heteroatoms. The van der Waals surface area contributed by atoms with Gasteiger partial charge in [-0.2, -0.15) is 0 Å². The Morgan fingerprint density at radius 1 is 0.889 bits per heavy atom. The first kappa shape index (κ1) is 25.3. The molecule has 1 N–H and O–H groups in total. The number of carbonyl (C=O) groups excluding carboxylic acids is 2. The number of rotatable bonds is 7. The van der Waals surface area contributed by atoms with Crippen molar-refractivity contribution in [3.63, 3.8) is 0 Å². The number of ether oxygens (including phenoxy) is 1. The highest BCUT2D eigenvalue weighted by Crippen LogP contribution is 2.24. The number of halogens is 1. The van der Waals surface area contributed by atoms with Crippen molar-refractivity contribution in [2.45, 2.75) is 0 Å². The summed E-state index contributed by atoms with van der Waals surface area (Å²) in [7, 11) is 1.60. The van der Waals surface area contributed by atoms with E-state index in [1.165, 1.54) is 6.08 Å². The van der Waals surface area contributed by atoms with E-state index < -0.39 is 0 Å². The number of anilines is 2. The van der Waals surface area contributed by atoms with E-state index in [-0.39, 0.29) is 11.8 Å². The molecule has 0 aliphatic carbocycles. The van der Waals surface area contributed by atoms with Crippen LogP contribution in [0.4, 0.5) is 11.4 Å². The molecule has 2 amide bonds. The third-order valence-electron chi connectivity index (χ3n) is 5.92. The maximum absolute atomic E-state index is 12.5. The van der Waals surface area contributed by atoms with E-state index in [0.717, 1.165) is 40.1 Å². The lowest BCUT2D eigenvalue weighted by Crippen LogP contribution is -2.48. The highest BCUT2D eigenvalue weighted by Gasteiger charge is 2.19. The van der Waals surface area contributed by atoms with Gasteiger partial charge < -0.3 is 19.9 Å². The molecule has 0 spiro atoms. The van der Waals surface area contributed by atoms with Gasteiger partial charge in [0.15, 0.2) is 0 Å². The summed E-state index contributed by atoms with van der Waals surface area (Å²) in [5.41, 5.74) is 3.61. The van der Waals surface area contributed by atoms with Gasteiger partial charge in [0.1, 0.15) is 5.75 Å². The average molecular weight is 546 g/mol. The fourth-order valence-electron chi connectivity index (χ4n) is 3.96. The molecule has 0 bridgehead atoms. The summed E-state index contributed by atoms with van der Waals surface area (Å²) < 4.78 is 6.25. The molecular formula is C29H28BrN3O3. The molecule has 184 valence electrons. The van der Waals surface area contributed by atoms with Gasteiger partial charge in [0.05, 0.1) is 7.11 Å². The van der Waals surface area contributed by atoms with Crippen molar-refractivity contribution in [1.29, 1.82) is 0 Å². The molecule has 1 heterocycles. The Labute approximate surface area is 220 Å². The molecule has 36 heavy (non-hydrogen) atoms. The van der Waals surface area contributed by atoms with Gasteiger partial charge in [-0.1, -0.05) is 46.3 Å². The summed E-state index contributed by atoms with van der Waals surface area (Å²) in [6.45, 7) is 2.85. The topological polar surface area (TPSA) is 61.9 Å². The predicted molar refractivity (Wildman–Crippen MR) is 149 cm³/mol. The normalized spacial score (nSPS) is 13.8. The van der Waals surface area contributed by atoms with Gasteiger partial charge in [-0.15, -0.1) is 0 Å². The smallest absolute Gasteiger partial charge is 0.248 e. The van der Waals surface area contributed by atoms with Crippen LogP contribution >= 0.6 is 15.9 Å². The Morgan fingerprint density at radius 3 is 2.31 bits per heavy atom. The molecule has 1 fully saturated rings. The zero-order chi connectivity index (χ0) is 25.3. The second kappa shape index (κ2) is 12.2. The van der Waals surface area contributed by atoms with Crippen LogP contribution in [0.5, 0.6) is 5.75 Å². The number of nitrogens with one attached hydrogen (secondary N) is 1. The number of hydrogen-bond donors (Lipinski definition) is 1. The Balaban J connectivity index is 1.28. The first-order valence-electron chi connectivity index (χ1n) is 11.7. The van der Waals surface area contributed by atoms with E-state index in [1.807, 2.05) is 83.8 Å². The first-order valence-corrected chi connectivity index (χ1v) is 12.5. The van der Waals surface area contributed by atoms with Crippen LogP contribution in [0.2, 0.25) is 0 Å². The quantitative estimate of drug-likeness (QED) is 0.400. The fourth-order valence-corrected chi connectivity index (χ4v) is 4.34. The van der Waals surface area contributed by atoms with E-state index in [4.69, 9.17) is 4.74 Å². The Hall–Kier alpha value is -3.84. The van der Waals surface area contributed by atoms with Crippen molar-refractivity contribution in [2.24, 2.45) is 0 Å². The summed E-state index contributed by atoms with van der Waals surface area (Å²) in [5.74, 6) is 0.506. The third-order valence-corrected chi connectivity index (χ3v) is 6.41. The number of piperazine rings is 1. The van der Waals surface area contributed by atoms with Crippen molar-refractivity contribution in [1.82, 2.24) is 4.90 Å². The molecule has 0 aromatic heterocycles. The van der Waals surface area contributed by atoms with E-state index in [0.29, 0.717) is 18.8 Å².